The topological polar surface area (TPSA) is 55.9 Å². The zero-order valence-corrected chi connectivity index (χ0v) is 12.1. The molecule has 0 radical (unpaired) electrons. The van der Waals surface area contributed by atoms with Crippen LogP contribution in [0.4, 0.5) is 0 Å². The lowest BCUT2D eigenvalue weighted by Crippen LogP contribution is -2.35. The number of benzene rings is 1. The minimum absolute atomic E-state index is 0.146. The standard InChI is InChI=1S/C16H22N4/c1-11(2)20-15(7-8-18-20)16(19-17)14-9-12-5-3-4-6-13(12)10-14/h3-8,11,14,16,19H,9-10,17H2,1-2H3. The fraction of sp³-hybridized carbons (Fsp3) is 0.438. The van der Waals surface area contributed by atoms with E-state index >= 15 is 0 Å². The number of hydrogen-bond acceptors (Lipinski definition) is 3. The Morgan fingerprint density at radius 2 is 1.85 bits per heavy atom. The van der Waals surface area contributed by atoms with Crippen LogP contribution in [-0.4, -0.2) is 9.78 Å². The molecule has 4 nitrogen and oxygen atoms in total. The maximum Gasteiger partial charge on any atom is 0.0663 e. The summed E-state index contributed by atoms with van der Waals surface area (Å²) in [7, 11) is 0. The number of nitrogens with zero attached hydrogens (tertiary/aromatic N) is 2. The SMILES string of the molecule is CC(C)n1nccc1C(NN)C1Cc2ccccc2C1. The molecule has 0 spiro atoms. The maximum atomic E-state index is 5.86. The van der Waals surface area contributed by atoms with Gasteiger partial charge in [0.15, 0.2) is 0 Å². The van der Waals surface area contributed by atoms with E-state index in [1.165, 1.54) is 16.8 Å². The van der Waals surface area contributed by atoms with Crippen molar-refractivity contribution in [1.82, 2.24) is 15.2 Å². The third kappa shape index (κ3) is 2.25. The first-order chi connectivity index (χ1) is 9.70. The minimum atomic E-state index is 0.146. The molecule has 20 heavy (non-hydrogen) atoms. The lowest BCUT2D eigenvalue weighted by atomic mass is 9.94. The third-order valence-electron chi connectivity index (χ3n) is 4.24. The molecule has 2 aromatic rings. The smallest absolute Gasteiger partial charge is 0.0663 e. The van der Waals surface area contributed by atoms with Gasteiger partial charge in [0, 0.05) is 12.2 Å². The molecule has 0 saturated carbocycles. The van der Waals surface area contributed by atoms with Crippen LogP contribution in [0, 0.1) is 5.92 Å². The van der Waals surface area contributed by atoms with Gasteiger partial charge in [0.1, 0.15) is 0 Å². The second-order valence-electron chi connectivity index (χ2n) is 5.88. The number of rotatable bonds is 4. The van der Waals surface area contributed by atoms with Gasteiger partial charge in [-0.3, -0.25) is 16.0 Å². The summed E-state index contributed by atoms with van der Waals surface area (Å²) in [6.07, 6.45) is 4.02. The highest BCUT2D eigenvalue weighted by molar-refractivity contribution is 5.33. The zero-order valence-electron chi connectivity index (χ0n) is 12.1. The summed E-state index contributed by atoms with van der Waals surface area (Å²) in [6.45, 7) is 4.29. The van der Waals surface area contributed by atoms with Crippen LogP contribution in [0.2, 0.25) is 0 Å². The highest BCUT2D eigenvalue weighted by atomic mass is 15.3. The third-order valence-corrected chi connectivity index (χ3v) is 4.24. The summed E-state index contributed by atoms with van der Waals surface area (Å²) in [4.78, 5) is 0. The van der Waals surface area contributed by atoms with Crippen molar-refractivity contribution < 1.29 is 0 Å². The van der Waals surface area contributed by atoms with Crippen LogP contribution in [0.15, 0.2) is 36.5 Å². The van der Waals surface area contributed by atoms with Crippen LogP contribution in [-0.2, 0) is 12.8 Å². The number of hydrogen-bond donors (Lipinski definition) is 2. The van der Waals surface area contributed by atoms with E-state index in [-0.39, 0.29) is 6.04 Å². The number of nitrogens with two attached hydrogens (primary N) is 1. The Morgan fingerprint density at radius 1 is 1.20 bits per heavy atom. The van der Waals surface area contributed by atoms with Crippen LogP contribution in [0.25, 0.3) is 0 Å². The summed E-state index contributed by atoms with van der Waals surface area (Å²) in [5, 5.41) is 4.43. The molecule has 0 fully saturated rings. The summed E-state index contributed by atoms with van der Waals surface area (Å²) in [5.41, 5.74) is 7.10. The minimum Gasteiger partial charge on any atom is -0.271 e. The molecule has 0 aliphatic heterocycles. The molecule has 1 atom stereocenters. The van der Waals surface area contributed by atoms with Crippen molar-refractivity contribution in [3.8, 4) is 0 Å². The number of nitrogens with one attached hydrogen (secondary N) is 1. The predicted octanol–water partition coefficient (Wildman–Crippen LogP) is 2.38. The Hall–Kier alpha value is -1.65. The number of hydrazine groups is 1. The lowest BCUT2D eigenvalue weighted by molar-refractivity contribution is 0.346. The number of fused-ring (bicyclic) bond motifs is 1. The molecule has 1 aliphatic rings. The van der Waals surface area contributed by atoms with E-state index in [1.807, 2.05) is 6.20 Å². The van der Waals surface area contributed by atoms with Gasteiger partial charge in [-0.2, -0.15) is 5.10 Å². The summed E-state index contributed by atoms with van der Waals surface area (Å²) in [5.74, 6) is 6.35. The Morgan fingerprint density at radius 3 is 2.40 bits per heavy atom. The molecule has 4 heteroatoms. The molecule has 1 unspecified atom stereocenters. The van der Waals surface area contributed by atoms with E-state index in [2.05, 4.69) is 59.4 Å². The van der Waals surface area contributed by atoms with Gasteiger partial charge in [0.2, 0.25) is 0 Å². The summed E-state index contributed by atoms with van der Waals surface area (Å²) in [6, 6.07) is 11.3. The van der Waals surface area contributed by atoms with Gasteiger partial charge in [-0.25, -0.2) is 0 Å². The summed E-state index contributed by atoms with van der Waals surface area (Å²) < 4.78 is 2.06. The average Bonchev–Trinajstić information content (AvgIpc) is 3.05. The Labute approximate surface area is 120 Å². The van der Waals surface area contributed by atoms with Gasteiger partial charge in [-0.15, -0.1) is 0 Å². The van der Waals surface area contributed by atoms with Gasteiger partial charge >= 0.3 is 0 Å². The second-order valence-corrected chi connectivity index (χ2v) is 5.88. The van der Waals surface area contributed by atoms with E-state index in [0.29, 0.717) is 12.0 Å². The van der Waals surface area contributed by atoms with Crippen molar-refractivity contribution in [3.63, 3.8) is 0 Å². The van der Waals surface area contributed by atoms with Gasteiger partial charge in [-0.05, 0) is 49.8 Å². The molecule has 0 saturated heterocycles. The van der Waals surface area contributed by atoms with Crippen LogP contribution >= 0.6 is 0 Å². The van der Waals surface area contributed by atoms with Crippen LogP contribution in [0.3, 0.4) is 0 Å². The quantitative estimate of drug-likeness (QED) is 0.662. The Kier molecular flexibility index (Phi) is 3.59. The predicted molar refractivity (Wildman–Crippen MR) is 80.0 cm³/mol. The fourth-order valence-corrected chi connectivity index (χ4v) is 3.29. The molecule has 1 aromatic heterocycles. The van der Waals surface area contributed by atoms with Crippen LogP contribution in [0.1, 0.15) is 42.8 Å². The zero-order chi connectivity index (χ0) is 14.1. The summed E-state index contributed by atoms with van der Waals surface area (Å²) >= 11 is 0. The maximum absolute atomic E-state index is 5.86. The van der Waals surface area contributed by atoms with Crippen molar-refractivity contribution in [2.75, 3.05) is 0 Å². The highest BCUT2D eigenvalue weighted by Gasteiger charge is 2.31. The largest absolute Gasteiger partial charge is 0.271 e. The molecular formula is C16H22N4. The highest BCUT2D eigenvalue weighted by Crippen LogP contribution is 2.35. The first-order valence-electron chi connectivity index (χ1n) is 7.27. The number of aromatic nitrogens is 2. The average molecular weight is 270 g/mol. The van der Waals surface area contributed by atoms with Crippen molar-refractivity contribution in [2.24, 2.45) is 11.8 Å². The van der Waals surface area contributed by atoms with E-state index in [0.717, 1.165) is 12.8 Å². The van der Waals surface area contributed by atoms with Crippen molar-refractivity contribution in [2.45, 2.75) is 38.8 Å². The van der Waals surface area contributed by atoms with Gasteiger partial charge in [-0.1, -0.05) is 24.3 Å². The molecule has 1 heterocycles. The van der Waals surface area contributed by atoms with E-state index in [9.17, 15) is 0 Å². The molecule has 1 aliphatic carbocycles. The van der Waals surface area contributed by atoms with E-state index < -0.39 is 0 Å². The lowest BCUT2D eigenvalue weighted by Gasteiger charge is -2.24. The molecule has 106 valence electrons. The fourth-order valence-electron chi connectivity index (χ4n) is 3.29. The van der Waals surface area contributed by atoms with E-state index in [4.69, 9.17) is 5.84 Å². The van der Waals surface area contributed by atoms with Gasteiger partial charge in [0.05, 0.1) is 11.7 Å². The van der Waals surface area contributed by atoms with Crippen LogP contribution < -0.4 is 11.3 Å². The molecule has 0 bridgehead atoms. The first-order valence-corrected chi connectivity index (χ1v) is 7.27. The van der Waals surface area contributed by atoms with Crippen LogP contribution in [0.5, 0.6) is 0 Å². The Bertz CT molecular complexity index is 563. The van der Waals surface area contributed by atoms with Gasteiger partial charge in [0.25, 0.3) is 0 Å². The molecule has 0 amide bonds. The second kappa shape index (κ2) is 5.38. The van der Waals surface area contributed by atoms with Crippen molar-refractivity contribution in [1.29, 1.82) is 0 Å². The van der Waals surface area contributed by atoms with Gasteiger partial charge < -0.3 is 0 Å². The molecule has 3 N–H and O–H groups in total. The van der Waals surface area contributed by atoms with Crippen molar-refractivity contribution in [3.05, 3.63) is 53.3 Å². The molecular weight excluding hydrogens is 248 g/mol. The molecule has 1 aromatic carbocycles. The van der Waals surface area contributed by atoms with Crippen molar-refractivity contribution >= 4 is 0 Å². The monoisotopic (exact) mass is 270 g/mol. The van der Waals surface area contributed by atoms with E-state index in [1.54, 1.807) is 0 Å². The normalized spacial score (nSPS) is 16.6. The first kappa shape index (κ1) is 13.3. The molecule has 3 rings (SSSR count). The Balaban J connectivity index is 1.87.